The van der Waals surface area contributed by atoms with Crippen LogP contribution < -0.4 is 4.74 Å². The topological polar surface area (TPSA) is 65.5 Å². The van der Waals surface area contributed by atoms with Crippen LogP contribution in [-0.2, 0) is 0 Å². The molecule has 2 unspecified atom stereocenters. The smallest absolute Gasteiger partial charge is 0.123 e. The highest BCUT2D eigenvalue weighted by atomic mass is 16.5. The van der Waals surface area contributed by atoms with Crippen LogP contribution in [0.1, 0.15) is 28.5 Å². The largest absolute Gasteiger partial charge is 0.508 e. The van der Waals surface area contributed by atoms with Crippen molar-refractivity contribution in [1.29, 1.82) is 0 Å². The van der Waals surface area contributed by atoms with Gasteiger partial charge in [0.1, 0.15) is 17.2 Å². The Labute approximate surface area is 156 Å². The molecule has 3 aromatic carbocycles. The molecule has 4 nitrogen and oxygen atoms in total. The average Bonchev–Trinajstić information content (AvgIpc) is 3.10. The molecule has 0 saturated heterocycles. The number of rotatable bonds is 2. The lowest BCUT2D eigenvalue weighted by Gasteiger charge is -2.34. The van der Waals surface area contributed by atoms with Crippen molar-refractivity contribution >= 4 is 10.9 Å². The molecule has 0 fully saturated rings. The lowest BCUT2D eigenvalue weighted by molar-refractivity contribution is 0.249. The van der Waals surface area contributed by atoms with Gasteiger partial charge in [0.2, 0.25) is 0 Å². The first kappa shape index (κ1) is 15.8. The summed E-state index contributed by atoms with van der Waals surface area (Å²) in [5.41, 5.74) is 4.36. The number of ether oxygens (including phenoxy) is 1. The molecule has 4 heteroatoms. The van der Waals surface area contributed by atoms with Gasteiger partial charge in [-0.25, -0.2) is 0 Å². The molecule has 27 heavy (non-hydrogen) atoms. The predicted octanol–water partition coefficient (Wildman–Crippen LogP) is 4.89. The number of aromatic amines is 1. The van der Waals surface area contributed by atoms with Crippen molar-refractivity contribution in [3.63, 3.8) is 0 Å². The maximum atomic E-state index is 9.77. The number of phenolic OH excluding ortho intramolecular Hbond substituents is 2. The molecule has 2 heterocycles. The molecule has 3 N–H and O–H groups in total. The van der Waals surface area contributed by atoms with Gasteiger partial charge in [-0.15, -0.1) is 0 Å². The number of benzene rings is 3. The van der Waals surface area contributed by atoms with Gasteiger partial charge >= 0.3 is 0 Å². The van der Waals surface area contributed by atoms with Crippen molar-refractivity contribution in [2.45, 2.75) is 11.8 Å². The fourth-order valence-corrected chi connectivity index (χ4v) is 4.17. The molecule has 1 aliphatic heterocycles. The third-order valence-corrected chi connectivity index (χ3v) is 5.42. The van der Waals surface area contributed by atoms with Crippen LogP contribution >= 0.6 is 0 Å². The normalized spacial score (nSPS) is 18.8. The summed E-state index contributed by atoms with van der Waals surface area (Å²) in [6.07, 6.45) is 2.01. The standard InChI is InChI=1S/C23H19NO3/c25-15-7-5-14(6-8-15)23-18-3-1-2-4-22(18)27-13-20(23)19-12-24-21-11-16(26)9-10-17(19)21/h1-12,20,23-26H,13H2. The summed E-state index contributed by atoms with van der Waals surface area (Å²) in [6.45, 7) is 0.566. The molecule has 0 radical (unpaired) electrons. The Hall–Kier alpha value is -3.40. The summed E-state index contributed by atoms with van der Waals surface area (Å²) in [5, 5.41) is 20.6. The van der Waals surface area contributed by atoms with E-state index in [1.807, 2.05) is 42.6 Å². The quantitative estimate of drug-likeness (QED) is 0.479. The van der Waals surface area contributed by atoms with E-state index in [-0.39, 0.29) is 23.3 Å². The summed E-state index contributed by atoms with van der Waals surface area (Å²) in [6, 6.07) is 21.0. The van der Waals surface area contributed by atoms with Crippen molar-refractivity contribution in [1.82, 2.24) is 4.98 Å². The summed E-state index contributed by atoms with van der Waals surface area (Å²) in [4.78, 5) is 3.28. The second-order valence-corrected chi connectivity index (χ2v) is 7.00. The third kappa shape index (κ3) is 2.61. The summed E-state index contributed by atoms with van der Waals surface area (Å²) < 4.78 is 6.10. The van der Waals surface area contributed by atoms with Crippen LogP contribution in [0.5, 0.6) is 17.2 Å². The lowest BCUT2D eigenvalue weighted by Crippen LogP contribution is -2.25. The van der Waals surface area contributed by atoms with Crippen LogP contribution in [0.15, 0.2) is 72.9 Å². The van der Waals surface area contributed by atoms with E-state index in [4.69, 9.17) is 4.74 Å². The van der Waals surface area contributed by atoms with E-state index in [0.717, 1.165) is 33.3 Å². The van der Waals surface area contributed by atoms with Crippen molar-refractivity contribution in [2.75, 3.05) is 6.61 Å². The minimum Gasteiger partial charge on any atom is -0.508 e. The van der Waals surface area contributed by atoms with Gasteiger partial charge in [-0.3, -0.25) is 0 Å². The Kier molecular flexibility index (Phi) is 3.57. The second kappa shape index (κ2) is 6.09. The first-order chi connectivity index (χ1) is 13.2. The Morgan fingerprint density at radius 3 is 2.48 bits per heavy atom. The average molecular weight is 357 g/mol. The zero-order valence-corrected chi connectivity index (χ0v) is 14.6. The summed E-state index contributed by atoms with van der Waals surface area (Å²) >= 11 is 0. The van der Waals surface area contributed by atoms with Crippen molar-refractivity contribution < 1.29 is 14.9 Å². The molecule has 0 spiro atoms. The van der Waals surface area contributed by atoms with Crippen molar-refractivity contribution in [2.24, 2.45) is 0 Å². The predicted molar refractivity (Wildman–Crippen MR) is 105 cm³/mol. The van der Waals surface area contributed by atoms with E-state index >= 15 is 0 Å². The van der Waals surface area contributed by atoms with Gasteiger partial charge in [0.25, 0.3) is 0 Å². The highest BCUT2D eigenvalue weighted by molar-refractivity contribution is 5.85. The van der Waals surface area contributed by atoms with E-state index in [1.165, 1.54) is 0 Å². The molecular weight excluding hydrogens is 338 g/mol. The number of aromatic hydroxyl groups is 2. The molecule has 5 rings (SSSR count). The zero-order chi connectivity index (χ0) is 18.4. The summed E-state index contributed by atoms with van der Waals surface area (Å²) in [5.74, 6) is 1.64. The SMILES string of the molecule is Oc1ccc(C2c3ccccc3OCC2c2c[nH]c3cc(O)ccc23)cc1. The number of fused-ring (bicyclic) bond motifs is 2. The first-order valence-corrected chi connectivity index (χ1v) is 9.01. The highest BCUT2D eigenvalue weighted by Gasteiger charge is 2.34. The number of H-pyrrole nitrogens is 1. The maximum absolute atomic E-state index is 9.77. The Balaban J connectivity index is 1.69. The van der Waals surface area contributed by atoms with E-state index in [1.54, 1.807) is 24.3 Å². The van der Waals surface area contributed by atoms with Gasteiger partial charge in [0.15, 0.2) is 0 Å². The lowest BCUT2D eigenvalue weighted by atomic mass is 9.76. The Bertz CT molecular complexity index is 1110. The van der Waals surface area contributed by atoms with E-state index in [9.17, 15) is 10.2 Å². The fraction of sp³-hybridized carbons (Fsp3) is 0.130. The summed E-state index contributed by atoms with van der Waals surface area (Å²) in [7, 11) is 0. The Morgan fingerprint density at radius 1 is 0.852 bits per heavy atom. The molecule has 2 atom stereocenters. The highest BCUT2D eigenvalue weighted by Crippen LogP contribution is 2.47. The van der Waals surface area contributed by atoms with Gasteiger partial charge < -0.3 is 19.9 Å². The number of phenols is 2. The van der Waals surface area contributed by atoms with Crippen LogP contribution in [0.3, 0.4) is 0 Å². The Morgan fingerprint density at radius 2 is 1.63 bits per heavy atom. The first-order valence-electron chi connectivity index (χ1n) is 9.01. The molecule has 0 aliphatic carbocycles. The number of hydrogen-bond donors (Lipinski definition) is 3. The molecular formula is C23H19NO3. The van der Waals surface area contributed by atoms with Crippen LogP contribution in [-0.4, -0.2) is 21.8 Å². The van der Waals surface area contributed by atoms with Gasteiger partial charge in [-0.1, -0.05) is 30.3 Å². The van der Waals surface area contributed by atoms with Crippen LogP contribution in [0, 0.1) is 0 Å². The van der Waals surface area contributed by atoms with Gasteiger partial charge in [-0.05, 0) is 41.5 Å². The van der Waals surface area contributed by atoms with Gasteiger partial charge in [-0.2, -0.15) is 0 Å². The van der Waals surface area contributed by atoms with Crippen molar-refractivity contribution in [3.8, 4) is 17.2 Å². The molecule has 0 bridgehead atoms. The third-order valence-electron chi connectivity index (χ3n) is 5.42. The number of hydrogen-bond acceptors (Lipinski definition) is 3. The number of nitrogens with one attached hydrogen (secondary N) is 1. The molecule has 0 saturated carbocycles. The minimum absolute atomic E-state index is 0.114. The maximum Gasteiger partial charge on any atom is 0.123 e. The monoisotopic (exact) mass is 357 g/mol. The van der Waals surface area contributed by atoms with Crippen molar-refractivity contribution in [3.05, 3.63) is 89.6 Å². The van der Waals surface area contributed by atoms with E-state index in [2.05, 4.69) is 11.1 Å². The van der Waals surface area contributed by atoms with Gasteiger partial charge in [0, 0.05) is 40.6 Å². The number of para-hydroxylation sites is 1. The molecule has 4 aromatic rings. The van der Waals surface area contributed by atoms with Crippen LogP contribution in [0.2, 0.25) is 0 Å². The minimum atomic E-state index is 0.114. The van der Waals surface area contributed by atoms with Crippen LogP contribution in [0.4, 0.5) is 0 Å². The van der Waals surface area contributed by atoms with Gasteiger partial charge in [0.05, 0.1) is 6.61 Å². The molecule has 134 valence electrons. The molecule has 1 aliphatic rings. The number of aromatic nitrogens is 1. The zero-order valence-electron chi connectivity index (χ0n) is 14.6. The van der Waals surface area contributed by atoms with E-state index < -0.39 is 0 Å². The molecule has 0 amide bonds. The fourth-order valence-electron chi connectivity index (χ4n) is 4.17. The molecule has 1 aromatic heterocycles. The van der Waals surface area contributed by atoms with E-state index in [0.29, 0.717) is 6.61 Å². The second-order valence-electron chi connectivity index (χ2n) is 7.00. The van der Waals surface area contributed by atoms with Crippen LogP contribution in [0.25, 0.3) is 10.9 Å².